The summed E-state index contributed by atoms with van der Waals surface area (Å²) in [5.41, 5.74) is 1.72. The van der Waals surface area contributed by atoms with Crippen LogP contribution in [0.4, 0.5) is 0 Å². The van der Waals surface area contributed by atoms with Gasteiger partial charge in [-0.05, 0) is 80.5 Å². The topological polar surface area (TPSA) is 70.7 Å². The summed E-state index contributed by atoms with van der Waals surface area (Å²) < 4.78 is 6.12. The lowest BCUT2D eigenvalue weighted by molar-refractivity contribution is -0.141. The van der Waals surface area contributed by atoms with Crippen molar-refractivity contribution < 1.29 is 14.3 Å². The van der Waals surface area contributed by atoms with Gasteiger partial charge in [-0.2, -0.15) is 0 Å². The zero-order valence-corrected chi connectivity index (χ0v) is 19.7. The number of hydrogen-bond acceptors (Lipinski definition) is 4. The van der Waals surface area contributed by atoms with Crippen molar-refractivity contribution in [3.63, 3.8) is 0 Å². The molecule has 3 aliphatic heterocycles. The Labute approximate surface area is 201 Å². The van der Waals surface area contributed by atoms with Gasteiger partial charge in [-0.25, -0.2) is 0 Å². The van der Waals surface area contributed by atoms with Crippen molar-refractivity contribution in [3.05, 3.63) is 59.7 Å². The summed E-state index contributed by atoms with van der Waals surface area (Å²) in [5, 5.41) is 6.51. The quantitative estimate of drug-likeness (QED) is 0.670. The van der Waals surface area contributed by atoms with E-state index < -0.39 is 5.41 Å². The smallest absolute Gasteiger partial charge is 0.239 e. The number of nitrogens with zero attached hydrogens (tertiary/aromatic N) is 1. The molecule has 1 spiro atoms. The predicted molar refractivity (Wildman–Crippen MR) is 130 cm³/mol. The third-order valence-corrected chi connectivity index (χ3v) is 7.15. The average molecular weight is 470 g/mol. The van der Waals surface area contributed by atoms with Gasteiger partial charge in [0, 0.05) is 19.6 Å². The number of halogens is 1. The normalized spacial score (nSPS) is 22.1. The lowest BCUT2D eigenvalue weighted by Crippen LogP contribution is -2.54. The molecule has 176 valence electrons. The molecule has 33 heavy (non-hydrogen) atoms. The molecule has 6 nitrogen and oxygen atoms in total. The SMILES string of the molecule is Cl.O=C([C@@H]1CCCN1)N1CCC2(CC1)Cc1cccc(c1)Oc1cccc(c1)CCNC2=O. The molecule has 0 unspecified atom stereocenters. The third-order valence-electron chi connectivity index (χ3n) is 7.15. The highest BCUT2D eigenvalue weighted by Crippen LogP contribution is 2.37. The maximum absolute atomic E-state index is 13.5. The van der Waals surface area contributed by atoms with Crippen LogP contribution in [0.25, 0.3) is 0 Å². The van der Waals surface area contributed by atoms with E-state index in [4.69, 9.17) is 4.74 Å². The van der Waals surface area contributed by atoms with Gasteiger partial charge in [-0.1, -0.05) is 24.3 Å². The van der Waals surface area contributed by atoms with Crippen LogP contribution in [-0.2, 0) is 22.4 Å². The van der Waals surface area contributed by atoms with Crippen LogP contribution in [0.2, 0.25) is 0 Å². The molecule has 5 rings (SSSR count). The fourth-order valence-electron chi connectivity index (χ4n) is 5.27. The summed E-state index contributed by atoms with van der Waals surface area (Å²) >= 11 is 0. The minimum atomic E-state index is -0.509. The molecule has 0 aromatic heterocycles. The van der Waals surface area contributed by atoms with E-state index in [-0.39, 0.29) is 30.3 Å². The van der Waals surface area contributed by atoms with Crippen molar-refractivity contribution in [1.29, 1.82) is 0 Å². The van der Waals surface area contributed by atoms with Gasteiger partial charge >= 0.3 is 0 Å². The Hall–Kier alpha value is -2.57. The average Bonchev–Trinajstić information content (AvgIpc) is 3.34. The number of fused-ring (bicyclic) bond motifs is 4. The fourth-order valence-corrected chi connectivity index (χ4v) is 5.27. The number of rotatable bonds is 1. The van der Waals surface area contributed by atoms with Crippen molar-refractivity contribution >= 4 is 24.2 Å². The van der Waals surface area contributed by atoms with Gasteiger partial charge in [0.05, 0.1) is 11.5 Å². The minimum Gasteiger partial charge on any atom is -0.457 e. The van der Waals surface area contributed by atoms with E-state index in [0.29, 0.717) is 38.9 Å². The molecule has 2 amide bonds. The van der Waals surface area contributed by atoms with Crippen molar-refractivity contribution in [1.82, 2.24) is 15.5 Å². The van der Waals surface area contributed by atoms with Crippen LogP contribution >= 0.6 is 12.4 Å². The Balaban J connectivity index is 0.00000259. The second-order valence-electron chi connectivity index (χ2n) is 9.33. The second kappa shape index (κ2) is 10.1. The van der Waals surface area contributed by atoms with Crippen molar-refractivity contribution in [2.24, 2.45) is 5.41 Å². The minimum absolute atomic E-state index is 0. The summed E-state index contributed by atoms with van der Waals surface area (Å²) in [6, 6.07) is 16.0. The first kappa shape index (κ1) is 23.6. The van der Waals surface area contributed by atoms with Crippen LogP contribution in [0, 0.1) is 5.41 Å². The highest BCUT2D eigenvalue weighted by Gasteiger charge is 2.43. The predicted octanol–water partition coefficient (Wildman–Crippen LogP) is 3.48. The zero-order chi connectivity index (χ0) is 22.0. The number of hydrogen-bond donors (Lipinski definition) is 2. The lowest BCUT2D eigenvalue weighted by Gasteiger charge is -2.41. The number of benzene rings is 2. The van der Waals surface area contributed by atoms with Crippen molar-refractivity contribution in [3.8, 4) is 11.5 Å². The zero-order valence-electron chi connectivity index (χ0n) is 18.8. The fraction of sp³-hybridized carbons (Fsp3) is 0.462. The molecule has 3 heterocycles. The van der Waals surface area contributed by atoms with E-state index in [2.05, 4.69) is 22.8 Å². The van der Waals surface area contributed by atoms with Crippen LogP contribution in [-0.4, -0.2) is 48.9 Å². The maximum atomic E-state index is 13.5. The Morgan fingerprint density at radius 3 is 2.39 bits per heavy atom. The summed E-state index contributed by atoms with van der Waals surface area (Å²) in [6.45, 7) is 2.76. The molecular formula is C26H32ClN3O3. The Bertz CT molecular complexity index is 998. The number of carbonyl (C=O) groups excluding carboxylic acids is 2. The second-order valence-corrected chi connectivity index (χ2v) is 9.33. The molecule has 0 aliphatic carbocycles. The number of nitrogens with one attached hydrogen (secondary N) is 2. The molecule has 2 aromatic rings. The summed E-state index contributed by atoms with van der Waals surface area (Å²) in [7, 11) is 0. The van der Waals surface area contributed by atoms with Gasteiger partial charge in [0.25, 0.3) is 0 Å². The van der Waals surface area contributed by atoms with Crippen molar-refractivity contribution in [2.75, 3.05) is 26.2 Å². The first-order valence-electron chi connectivity index (χ1n) is 11.8. The number of carbonyl (C=O) groups is 2. The molecule has 7 heteroatoms. The number of ether oxygens (including phenoxy) is 1. The van der Waals surface area contributed by atoms with Crippen molar-refractivity contribution in [2.45, 2.75) is 44.6 Å². The van der Waals surface area contributed by atoms with Gasteiger partial charge in [-0.3, -0.25) is 9.59 Å². The van der Waals surface area contributed by atoms with E-state index in [1.54, 1.807) is 0 Å². The van der Waals surface area contributed by atoms with Crippen LogP contribution in [0.5, 0.6) is 11.5 Å². The van der Waals surface area contributed by atoms with Crippen LogP contribution in [0.15, 0.2) is 48.5 Å². The molecule has 2 fully saturated rings. The number of likely N-dealkylation sites (tertiary alicyclic amines) is 1. The molecule has 4 bridgehead atoms. The molecule has 2 N–H and O–H groups in total. The van der Waals surface area contributed by atoms with Gasteiger partial charge in [0.15, 0.2) is 0 Å². The van der Waals surface area contributed by atoms with E-state index in [9.17, 15) is 9.59 Å². The molecular weight excluding hydrogens is 438 g/mol. The van der Waals surface area contributed by atoms with Crippen LogP contribution < -0.4 is 15.4 Å². The molecule has 1 atom stereocenters. The summed E-state index contributed by atoms with van der Waals surface area (Å²) in [6.07, 6.45) is 4.73. The van der Waals surface area contributed by atoms with Gasteiger partial charge < -0.3 is 20.3 Å². The number of piperidine rings is 1. The largest absolute Gasteiger partial charge is 0.457 e. The standard InChI is InChI=1S/C26H31N3O3.ClH/c30-24(23-8-3-12-27-23)29-14-10-26(11-15-29)18-20-5-2-7-22(17-20)32-21-6-1-4-19(16-21)9-13-28-25(26)31;/h1-2,4-7,16-17,23,27H,3,8-15,18H2,(H,28,31);1H/t23-;/m0./s1. The first-order valence-corrected chi connectivity index (χ1v) is 11.8. The van der Waals surface area contributed by atoms with E-state index in [1.165, 1.54) is 0 Å². The third kappa shape index (κ3) is 5.17. The van der Waals surface area contributed by atoms with E-state index >= 15 is 0 Å². The highest BCUT2D eigenvalue weighted by atomic mass is 35.5. The summed E-state index contributed by atoms with van der Waals surface area (Å²) in [4.78, 5) is 28.3. The molecule has 0 radical (unpaired) electrons. The van der Waals surface area contributed by atoms with Gasteiger partial charge in [0.2, 0.25) is 11.8 Å². The Morgan fingerprint density at radius 1 is 1.00 bits per heavy atom. The monoisotopic (exact) mass is 469 g/mol. The molecule has 2 aromatic carbocycles. The molecule has 3 aliphatic rings. The van der Waals surface area contributed by atoms with Gasteiger partial charge in [-0.15, -0.1) is 12.4 Å². The first-order chi connectivity index (χ1) is 15.6. The van der Waals surface area contributed by atoms with Gasteiger partial charge in [0.1, 0.15) is 11.5 Å². The lowest BCUT2D eigenvalue weighted by atomic mass is 9.72. The molecule has 0 saturated carbocycles. The highest BCUT2D eigenvalue weighted by molar-refractivity contribution is 5.85. The Kier molecular flexibility index (Phi) is 7.25. The Morgan fingerprint density at radius 2 is 1.70 bits per heavy atom. The number of amides is 2. The van der Waals surface area contributed by atoms with Crippen LogP contribution in [0.3, 0.4) is 0 Å². The maximum Gasteiger partial charge on any atom is 0.239 e. The van der Waals surface area contributed by atoms with Crippen LogP contribution in [0.1, 0.15) is 36.8 Å². The van der Waals surface area contributed by atoms with E-state index in [1.807, 2.05) is 41.3 Å². The molecule has 2 saturated heterocycles. The summed E-state index contributed by atoms with van der Waals surface area (Å²) in [5.74, 6) is 1.89. The van der Waals surface area contributed by atoms with E-state index in [0.717, 1.165) is 48.4 Å².